The van der Waals surface area contributed by atoms with Gasteiger partial charge in [0.1, 0.15) is 0 Å². The first-order valence-electron chi connectivity index (χ1n) is 8.25. The maximum Gasteiger partial charge on any atom is 0.340 e. The highest BCUT2D eigenvalue weighted by molar-refractivity contribution is 6.07. The van der Waals surface area contributed by atoms with Crippen molar-refractivity contribution in [1.29, 1.82) is 0 Å². The van der Waals surface area contributed by atoms with Crippen LogP contribution in [0.3, 0.4) is 0 Å². The number of amides is 1. The molecule has 3 aromatic rings. The van der Waals surface area contributed by atoms with Gasteiger partial charge in [0.05, 0.1) is 32.6 Å². The van der Waals surface area contributed by atoms with Crippen molar-refractivity contribution in [2.75, 3.05) is 26.6 Å². The van der Waals surface area contributed by atoms with Gasteiger partial charge < -0.3 is 24.1 Å². The van der Waals surface area contributed by atoms with Crippen LogP contribution >= 0.6 is 0 Å². The number of ether oxygens (including phenoxy) is 3. The Bertz CT molecular complexity index is 997. The average Bonchev–Trinajstić information content (AvgIpc) is 3.24. The van der Waals surface area contributed by atoms with Crippen molar-refractivity contribution >= 4 is 17.6 Å². The molecule has 0 spiro atoms. The van der Waals surface area contributed by atoms with Crippen molar-refractivity contribution < 1.29 is 28.3 Å². The van der Waals surface area contributed by atoms with Crippen molar-refractivity contribution in [3.05, 3.63) is 59.8 Å². The zero-order chi connectivity index (χ0) is 20.1. The molecule has 1 N–H and O–H groups in total. The minimum absolute atomic E-state index is 0.0597. The van der Waals surface area contributed by atoms with Crippen LogP contribution in [0, 0.1) is 0 Å². The number of hydrogen-bond donors (Lipinski definition) is 1. The number of anilines is 1. The number of rotatable bonds is 6. The van der Waals surface area contributed by atoms with Crippen molar-refractivity contribution in [1.82, 2.24) is 5.16 Å². The summed E-state index contributed by atoms with van der Waals surface area (Å²) in [5.74, 6) is -0.0692. The summed E-state index contributed by atoms with van der Waals surface area (Å²) in [4.78, 5) is 24.7. The van der Waals surface area contributed by atoms with Crippen molar-refractivity contribution in [3.8, 4) is 22.8 Å². The molecule has 1 amide bonds. The van der Waals surface area contributed by atoms with E-state index in [9.17, 15) is 9.59 Å². The summed E-state index contributed by atoms with van der Waals surface area (Å²) < 4.78 is 20.4. The quantitative estimate of drug-likeness (QED) is 0.652. The number of hydrogen-bond acceptors (Lipinski definition) is 7. The maximum absolute atomic E-state index is 12.6. The van der Waals surface area contributed by atoms with Gasteiger partial charge in [-0.1, -0.05) is 35.5 Å². The van der Waals surface area contributed by atoms with E-state index in [1.165, 1.54) is 39.5 Å². The predicted octanol–water partition coefficient (Wildman–Crippen LogP) is 3.40. The molecule has 28 heavy (non-hydrogen) atoms. The van der Waals surface area contributed by atoms with Gasteiger partial charge in [-0.15, -0.1) is 0 Å². The van der Waals surface area contributed by atoms with Gasteiger partial charge in [0.2, 0.25) is 0 Å². The van der Waals surface area contributed by atoms with E-state index in [2.05, 4.69) is 10.5 Å². The fourth-order valence-corrected chi connectivity index (χ4v) is 2.57. The lowest BCUT2D eigenvalue weighted by Gasteiger charge is -2.14. The molecule has 0 unspecified atom stereocenters. The van der Waals surface area contributed by atoms with Gasteiger partial charge in [-0.25, -0.2) is 4.79 Å². The normalized spacial score (nSPS) is 10.2. The lowest BCUT2D eigenvalue weighted by atomic mass is 10.1. The van der Waals surface area contributed by atoms with Crippen LogP contribution in [-0.2, 0) is 4.74 Å². The number of nitrogens with one attached hydrogen (secondary N) is 1. The molecule has 0 aliphatic heterocycles. The first-order chi connectivity index (χ1) is 13.6. The SMILES string of the molecule is COC(=O)c1cc(OC)c(OC)cc1NC(=O)c1cc(-c2ccccc2)on1. The Kier molecular flexibility index (Phi) is 5.59. The Morgan fingerprint density at radius 1 is 0.964 bits per heavy atom. The highest BCUT2D eigenvalue weighted by atomic mass is 16.5. The standard InChI is InChI=1S/C20H18N2O6/c1-25-17-9-13(20(24)27-3)14(10-18(17)26-2)21-19(23)15-11-16(28-22-15)12-7-5-4-6-8-12/h4-11H,1-3H3,(H,21,23). The van der Waals surface area contributed by atoms with E-state index in [-0.39, 0.29) is 16.9 Å². The third kappa shape index (κ3) is 3.80. The second kappa shape index (κ2) is 8.26. The summed E-state index contributed by atoms with van der Waals surface area (Å²) in [6.45, 7) is 0. The van der Waals surface area contributed by atoms with Gasteiger partial charge in [-0.3, -0.25) is 4.79 Å². The van der Waals surface area contributed by atoms with Crippen LogP contribution in [0.25, 0.3) is 11.3 Å². The summed E-state index contributed by atoms with van der Waals surface area (Å²) in [7, 11) is 4.14. The van der Waals surface area contributed by atoms with Gasteiger partial charge in [0.25, 0.3) is 5.91 Å². The molecule has 0 bridgehead atoms. The number of esters is 1. The largest absolute Gasteiger partial charge is 0.493 e. The monoisotopic (exact) mass is 382 g/mol. The molecule has 3 rings (SSSR count). The molecule has 0 atom stereocenters. The Hall–Kier alpha value is -3.81. The van der Waals surface area contributed by atoms with Gasteiger partial charge in [0, 0.05) is 23.8 Å². The molecule has 144 valence electrons. The smallest absolute Gasteiger partial charge is 0.340 e. The number of methoxy groups -OCH3 is 3. The molecule has 0 radical (unpaired) electrons. The maximum atomic E-state index is 12.6. The van der Waals surface area contributed by atoms with Crippen molar-refractivity contribution in [2.24, 2.45) is 0 Å². The summed E-state index contributed by atoms with van der Waals surface area (Å²) in [5.41, 5.74) is 1.15. The van der Waals surface area contributed by atoms with E-state index in [1.54, 1.807) is 0 Å². The minimum Gasteiger partial charge on any atom is -0.493 e. The van der Waals surface area contributed by atoms with Crippen LogP contribution in [0.5, 0.6) is 11.5 Å². The number of aromatic nitrogens is 1. The van der Waals surface area contributed by atoms with Crippen LogP contribution in [0.15, 0.2) is 53.1 Å². The fraction of sp³-hybridized carbons (Fsp3) is 0.150. The Balaban J connectivity index is 1.91. The van der Waals surface area contributed by atoms with Gasteiger partial charge in [0.15, 0.2) is 23.0 Å². The number of carbonyl (C=O) groups excluding carboxylic acids is 2. The summed E-state index contributed by atoms with van der Waals surface area (Å²) >= 11 is 0. The van der Waals surface area contributed by atoms with Crippen LogP contribution < -0.4 is 14.8 Å². The second-order valence-corrected chi connectivity index (χ2v) is 5.64. The van der Waals surface area contributed by atoms with Gasteiger partial charge in [-0.05, 0) is 0 Å². The number of nitrogens with zero attached hydrogens (tertiary/aromatic N) is 1. The van der Waals surface area contributed by atoms with E-state index in [0.717, 1.165) is 5.56 Å². The molecule has 1 aromatic heterocycles. The lowest BCUT2D eigenvalue weighted by molar-refractivity contribution is 0.0601. The van der Waals surface area contributed by atoms with Gasteiger partial charge >= 0.3 is 5.97 Å². The first-order valence-corrected chi connectivity index (χ1v) is 8.25. The fourth-order valence-electron chi connectivity index (χ4n) is 2.57. The summed E-state index contributed by atoms with van der Waals surface area (Å²) in [6, 6.07) is 13.7. The van der Waals surface area contributed by atoms with E-state index in [4.69, 9.17) is 18.7 Å². The highest BCUT2D eigenvalue weighted by Crippen LogP contribution is 2.34. The Morgan fingerprint density at radius 3 is 2.29 bits per heavy atom. The molecule has 0 saturated heterocycles. The third-order valence-electron chi connectivity index (χ3n) is 3.98. The van der Waals surface area contributed by atoms with Crippen molar-refractivity contribution in [3.63, 3.8) is 0 Å². The molecule has 0 aliphatic carbocycles. The van der Waals surface area contributed by atoms with Crippen LogP contribution in [0.1, 0.15) is 20.8 Å². The summed E-state index contributed by atoms with van der Waals surface area (Å²) in [5, 5.41) is 6.44. The molecule has 2 aromatic carbocycles. The highest BCUT2D eigenvalue weighted by Gasteiger charge is 2.21. The van der Waals surface area contributed by atoms with Gasteiger partial charge in [-0.2, -0.15) is 0 Å². The average molecular weight is 382 g/mol. The number of benzene rings is 2. The molecule has 0 fully saturated rings. The molecule has 8 nitrogen and oxygen atoms in total. The minimum atomic E-state index is -0.638. The van der Waals surface area contributed by atoms with E-state index in [1.807, 2.05) is 30.3 Å². The van der Waals surface area contributed by atoms with E-state index in [0.29, 0.717) is 17.3 Å². The Labute approximate surface area is 161 Å². The predicted molar refractivity (Wildman–Crippen MR) is 101 cm³/mol. The lowest BCUT2D eigenvalue weighted by Crippen LogP contribution is -2.16. The third-order valence-corrected chi connectivity index (χ3v) is 3.98. The first kappa shape index (κ1) is 19.0. The zero-order valence-electron chi connectivity index (χ0n) is 15.5. The van der Waals surface area contributed by atoms with Crippen LogP contribution in [-0.4, -0.2) is 38.4 Å². The molecule has 8 heteroatoms. The second-order valence-electron chi connectivity index (χ2n) is 5.64. The van der Waals surface area contributed by atoms with E-state index < -0.39 is 11.9 Å². The molecular weight excluding hydrogens is 364 g/mol. The molecule has 0 aliphatic rings. The summed E-state index contributed by atoms with van der Waals surface area (Å²) in [6.07, 6.45) is 0. The van der Waals surface area contributed by atoms with Crippen LogP contribution in [0.4, 0.5) is 5.69 Å². The zero-order valence-corrected chi connectivity index (χ0v) is 15.5. The molecule has 1 heterocycles. The Morgan fingerprint density at radius 2 is 1.64 bits per heavy atom. The number of carbonyl (C=O) groups is 2. The topological polar surface area (TPSA) is 99.9 Å². The molecular formula is C20H18N2O6. The van der Waals surface area contributed by atoms with Crippen LogP contribution in [0.2, 0.25) is 0 Å². The molecule has 0 saturated carbocycles. The van der Waals surface area contributed by atoms with E-state index >= 15 is 0 Å². The van der Waals surface area contributed by atoms with Crippen molar-refractivity contribution in [2.45, 2.75) is 0 Å².